The molecule has 6 heteroatoms. The highest BCUT2D eigenvalue weighted by atomic mass is 16.6. The quantitative estimate of drug-likeness (QED) is 0.731. The second-order valence-electron chi connectivity index (χ2n) is 4.81. The molecule has 1 aromatic heterocycles. The fraction of sp³-hybridized carbons (Fsp3) is 0.412. The summed E-state index contributed by atoms with van der Waals surface area (Å²) in [6.07, 6.45) is 0. The molecule has 0 spiro atoms. The number of pyridine rings is 1. The third kappa shape index (κ3) is 4.03. The van der Waals surface area contributed by atoms with E-state index in [1.807, 2.05) is 32.9 Å². The summed E-state index contributed by atoms with van der Waals surface area (Å²) in [6.45, 7) is 6.57. The molecule has 2 rings (SSSR count). The van der Waals surface area contributed by atoms with Crippen LogP contribution in [0.3, 0.4) is 0 Å². The number of aromatic nitrogens is 1. The lowest BCUT2D eigenvalue weighted by Crippen LogP contribution is -2.13. The van der Waals surface area contributed by atoms with Crippen molar-refractivity contribution in [3.63, 3.8) is 0 Å². The molecule has 0 amide bonds. The predicted octanol–water partition coefficient (Wildman–Crippen LogP) is 2.89. The molecule has 0 saturated heterocycles. The molecule has 0 unspecified atom stereocenters. The molecule has 2 aromatic rings. The number of rotatable bonds is 7. The SMILES string of the molecule is CCOc1cc2nc(C)cc(OCC(=O)OC)c2cc1OCC. The third-order valence-electron chi connectivity index (χ3n) is 3.14. The number of fused-ring (bicyclic) bond motifs is 1. The van der Waals surface area contributed by atoms with Gasteiger partial charge in [-0.25, -0.2) is 4.79 Å². The number of aryl methyl sites for hydroxylation is 1. The largest absolute Gasteiger partial charge is 0.490 e. The zero-order valence-electron chi connectivity index (χ0n) is 13.8. The summed E-state index contributed by atoms with van der Waals surface area (Å²) in [4.78, 5) is 15.8. The Morgan fingerprint density at radius 3 is 2.26 bits per heavy atom. The minimum absolute atomic E-state index is 0.160. The Hall–Kier alpha value is -2.50. The molecule has 0 radical (unpaired) electrons. The molecule has 0 aliphatic heterocycles. The van der Waals surface area contributed by atoms with Gasteiger partial charge in [-0.15, -0.1) is 0 Å². The topological polar surface area (TPSA) is 66.9 Å². The summed E-state index contributed by atoms with van der Waals surface area (Å²) in [5.74, 6) is 1.37. The Kier molecular flexibility index (Phi) is 5.62. The van der Waals surface area contributed by atoms with E-state index in [4.69, 9.17) is 14.2 Å². The molecule has 0 atom stereocenters. The Balaban J connectivity index is 2.49. The molecule has 1 aromatic carbocycles. The van der Waals surface area contributed by atoms with E-state index in [0.29, 0.717) is 30.5 Å². The Labute approximate surface area is 135 Å². The van der Waals surface area contributed by atoms with Crippen molar-refractivity contribution in [1.29, 1.82) is 0 Å². The molecule has 124 valence electrons. The van der Waals surface area contributed by atoms with Crippen molar-refractivity contribution in [3.05, 3.63) is 23.9 Å². The summed E-state index contributed by atoms with van der Waals surface area (Å²) in [6, 6.07) is 5.42. The second-order valence-corrected chi connectivity index (χ2v) is 4.81. The average molecular weight is 319 g/mol. The summed E-state index contributed by atoms with van der Waals surface area (Å²) in [7, 11) is 1.32. The summed E-state index contributed by atoms with van der Waals surface area (Å²) in [5, 5.41) is 0.756. The molecule has 0 aliphatic carbocycles. The van der Waals surface area contributed by atoms with E-state index < -0.39 is 5.97 Å². The van der Waals surface area contributed by atoms with E-state index >= 15 is 0 Å². The van der Waals surface area contributed by atoms with Crippen LogP contribution in [0.25, 0.3) is 10.9 Å². The third-order valence-corrected chi connectivity index (χ3v) is 3.14. The number of carbonyl (C=O) groups excluding carboxylic acids is 1. The van der Waals surface area contributed by atoms with Crippen molar-refractivity contribution in [2.75, 3.05) is 26.9 Å². The van der Waals surface area contributed by atoms with Crippen LogP contribution in [0.5, 0.6) is 17.2 Å². The molecular weight excluding hydrogens is 298 g/mol. The van der Waals surface area contributed by atoms with E-state index in [1.165, 1.54) is 7.11 Å². The van der Waals surface area contributed by atoms with Crippen molar-refractivity contribution in [1.82, 2.24) is 4.98 Å². The summed E-state index contributed by atoms with van der Waals surface area (Å²) < 4.78 is 21.4. The van der Waals surface area contributed by atoms with Gasteiger partial charge < -0.3 is 18.9 Å². The van der Waals surface area contributed by atoms with Gasteiger partial charge in [-0.1, -0.05) is 0 Å². The molecule has 0 fully saturated rings. The van der Waals surface area contributed by atoms with Crippen LogP contribution in [-0.4, -0.2) is 37.9 Å². The van der Waals surface area contributed by atoms with Crippen molar-refractivity contribution >= 4 is 16.9 Å². The van der Waals surface area contributed by atoms with E-state index in [1.54, 1.807) is 6.07 Å². The highest BCUT2D eigenvalue weighted by molar-refractivity contribution is 5.88. The van der Waals surface area contributed by atoms with Crippen LogP contribution < -0.4 is 14.2 Å². The van der Waals surface area contributed by atoms with E-state index in [-0.39, 0.29) is 6.61 Å². The highest BCUT2D eigenvalue weighted by Gasteiger charge is 2.13. The Bertz CT molecular complexity index is 699. The molecule has 1 heterocycles. The van der Waals surface area contributed by atoms with Gasteiger partial charge in [-0.05, 0) is 26.8 Å². The van der Waals surface area contributed by atoms with Gasteiger partial charge in [-0.2, -0.15) is 0 Å². The number of methoxy groups -OCH3 is 1. The first-order valence-electron chi connectivity index (χ1n) is 7.49. The molecule has 0 aliphatic rings. The van der Waals surface area contributed by atoms with Gasteiger partial charge in [0.25, 0.3) is 0 Å². The maximum Gasteiger partial charge on any atom is 0.343 e. The smallest absolute Gasteiger partial charge is 0.343 e. The van der Waals surface area contributed by atoms with Gasteiger partial charge in [0.1, 0.15) is 5.75 Å². The van der Waals surface area contributed by atoms with Crippen molar-refractivity contribution in [3.8, 4) is 17.2 Å². The summed E-state index contributed by atoms with van der Waals surface area (Å²) in [5.41, 5.74) is 1.50. The number of hydrogen-bond donors (Lipinski definition) is 0. The normalized spacial score (nSPS) is 10.4. The second kappa shape index (κ2) is 7.67. The highest BCUT2D eigenvalue weighted by Crippen LogP contribution is 2.36. The van der Waals surface area contributed by atoms with Crippen LogP contribution in [0, 0.1) is 6.92 Å². The first-order chi connectivity index (χ1) is 11.1. The lowest BCUT2D eigenvalue weighted by atomic mass is 10.1. The predicted molar refractivity (Wildman–Crippen MR) is 86.3 cm³/mol. The zero-order chi connectivity index (χ0) is 16.8. The van der Waals surface area contributed by atoms with Gasteiger partial charge in [0, 0.05) is 23.2 Å². The van der Waals surface area contributed by atoms with Crippen LogP contribution in [0.4, 0.5) is 0 Å². The van der Waals surface area contributed by atoms with Crippen molar-refractivity contribution < 1.29 is 23.7 Å². The maximum atomic E-state index is 11.3. The van der Waals surface area contributed by atoms with Gasteiger partial charge in [0.2, 0.25) is 0 Å². The number of hydrogen-bond acceptors (Lipinski definition) is 6. The van der Waals surface area contributed by atoms with Gasteiger partial charge in [0.05, 0.1) is 25.8 Å². The van der Waals surface area contributed by atoms with Crippen molar-refractivity contribution in [2.45, 2.75) is 20.8 Å². The number of nitrogens with zero attached hydrogens (tertiary/aromatic N) is 1. The van der Waals surface area contributed by atoms with Crippen LogP contribution in [0.1, 0.15) is 19.5 Å². The van der Waals surface area contributed by atoms with E-state index in [9.17, 15) is 4.79 Å². The molecule has 23 heavy (non-hydrogen) atoms. The minimum Gasteiger partial charge on any atom is -0.490 e. The molecule has 0 bridgehead atoms. The molecular formula is C17H21NO5. The van der Waals surface area contributed by atoms with Crippen LogP contribution >= 0.6 is 0 Å². The molecule has 0 saturated carbocycles. The number of ether oxygens (including phenoxy) is 4. The van der Waals surface area contributed by atoms with E-state index in [2.05, 4.69) is 9.72 Å². The van der Waals surface area contributed by atoms with Crippen LogP contribution in [-0.2, 0) is 9.53 Å². The van der Waals surface area contributed by atoms with Crippen LogP contribution in [0.15, 0.2) is 18.2 Å². The van der Waals surface area contributed by atoms with Gasteiger partial charge >= 0.3 is 5.97 Å². The number of esters is 1. The lowest BCUT2D eigenvalue weighted by Gasteiger charge is -2.14. The zero-order valence-corrected chi connectivity index (χ0v) is 13.8. The van der Waals surface area contributed by atoms with Gasteiger partial charge in [-0.3, -0.25) is 4.98 Å². The van der Waals surface area contributed by atoms with E-state index in [0.717, 1.165) is 16.6 Å². The average Bonchev–Trinajstić information content (AvgIpc) is 2.53. The first kappa shape index (κ1) is 16.9. The molecule has 0 N–H and O–H groups in total. The fourth-order valence-corrected chi connectivity index (χ4v) is 2.18. The Morgan fingerprint density at radius 2 is 1.65 bits per heavy atom. The first-order valence-corrected chi connectivity index (χ1v) is 7.49. The number of carbonyl (C=O) groups is 1. The Morgan fingerprint density at radius 1 is 1.00 bits per heavy atom. The monoisotopic (exact) mass is 319 g/mol. The maximum absolute atomic E-state index is 11.3. The van der Waals surface area contributed by atoms with Crippen LogP contribution in [0.2, 0.25) is 0 Å². The standard InChI is InChI=1S/C17H21NO5/c1-5-21-15-8-12-13(9-16(15)22-6-2)18-11(3)7-14(12)23-10-17(19)20-4/h7-9H,5-6,10H2,1-4H3. The van der Waals surface area contributed by atoms with Gasteiger partial charge in [0.15, 0.2) is 18.1 Å². The fourth-order valence-electron chi connectivity index (χ4n) is 2.18. The number of benzene rings is 1. The minimum atomic E-state index is -0.441. The summed E-state index contributed by atoms with van der Waals surface area (Å²) >= 11 is 0. The van der Waals surface area contributed by atoms with Crippen molar-refractivity contribution in [2.24, 2.45) is 0 Å². The molecule has 6 nitrogen and oxygen atoms in total. The lowest BCUT2D eigenvalue weighted by molar-refractivity contribution is -0.142.